The van der Waals surface area contributed by atoms with Gasteiger partial charge >= 0.3 is 0 Å². The predicted molar refractivity (Wildman–Crippen MR) is 87.0 cm³/mol. The smallest absolute Gasteiger partial charge is 0.123 e. The van der Waals surface area contributed by atoms with Crippen LogP contribution in [-0.4, -0.2) is 7.11 Å². The standard InChI is InChI=1S/C17H19BrFNO/c1-3-16(14-6-4-5-7-17(14)21-2)20-11-12-10-13(19)8-9-15(12)18/h4-10,16,20H,3,11H2,1-2H3. The molecule has 0 fully saturated rings. The molecule has 2 aromatic rings. The number of nitrogens with one attached hydrogen (secondary N) is 1. The highest BCUT2D eigenvalue weighted by atomic mass is 79.9. The van der Waals surface area contributed by atoms with E-state index in [0.717, 1.165) is 27.8 Å². The van der Waals surface area contributed by atoms with E-state index in [0.29, 0.717) is 6.54 Å². The van der Waals surface area contributed by atoms with Gasteiger partial charge in [0.25, 0.3) is 0 Å². The van der Waals surface area contributed by atoms with Crippen LogP contribution in [0.3, 0.4) is 0 Å². The minimum absolute atomic E-state index is 0.163. The highest BCUT2D eigenvalue weighted by molar-refractivity contribution is 9.10. The van der Waals surface area contributed by atoms with Gasteiger partial charge in [0, 0.05) is 22.6 Å². The molecule has 0 radical (unpaired) electrons. The summed E-state index contributed by atoms with van der Waals surface area (Å²) in [6.45, 7) is 2.71. The third-order valence-corrected chi connectivity index (χ3v) is 4.24. The Morgan fingerprint density at radius 3 is 2.71 bits per heavy atom. The number of benzene rings is 2. The Morgan fingerprint density at radius 2 is 2.00 bits per heavy atom. The third kappa shape index (κ3) is 4.05. The van der Waals surface area contributed by atoms with Crippen molar-refractivity contribution in [2.75, 3.05) is 7.11 Å². The topological polar surface area (TPSA) is 21.3 Å². The van der Waals surface area contributed by atoms with Gasteiger partial charge in [0.15, 0.2) is 0 Å². The molecule has 4 heteroatoms. The fourth-order valence-electron chi connectivity index (χ4n) is 2.34. The van der Waals surface area contributed by atoms with Gasteiger partial charge in [0.1, 0.15) is 11.6 Å². The molecule has 0 spiro atoms. The van der Waals surface area contributed by atoms with Gasteiger partial charge in [0.2, 0.25) is 0 Å². The lowest BCUT2D eigenvalue weighted by Crippen LogP contribution is -2.21. The molecule has 2 nitrogen and oxygen atoms in total. The fraction of sp³-hybridized carbons (Fsp3) is 0.294. The molecule has 21 heavy (non-hydrogen) atoms. The summed E-state index contributed by atoms with van der Waals surface area (Å²) < 4.78 is 19.6. The number of hydrogen-bond acceptors (Lipinski definition) is 2. The van der Waals surface area contributed by atoms with Gasteiger partial charge in [-0.1, -0.05) is 41.1 Å². The molecule has 0 heterocycles. The Bertz CT molecular complexity index is 603. The summed E-state index contributed by atoms with van der Waals surface area (Å²) in [6, 6.07) is 12.9. The maximum Gasteiger partial charge on any atom is 0.123 e. The molecule has 1 N–H and O–H groups in total. The first-order valence-corrected chi connectivity index (χ1v) is 7.75. The Hall–Kier alpha value is -1.39. The molecular formula is C17H19BrFNO. The molecule has 0 amide bonds. The lowest BCUT2D eigenvalue weighted by molar-refractivity contribution is 0.396. The maximum atomic E-state index is 13.3. The van der Waals surface area contributed by atoms with Gasteiger partial charge in [0.05, 0.1) is 7.11 Å². The van der Waals surface area contributed by atoms with Crippen molar-refractivity contribution < 1.29 is 9.13 Å². The van der Waals surface area contributed by atoms with Crippen LogP contribution in [-0.2, 0) is 6.54 Å². The van der Waals surface area contributed by atoms with E-state index in [1.807, 2.05) is 18.2 Å². The quantitative estimate of drug-likeness (QED) is 0.803. The van der Waals surface area contributed by atoms with Crippen LogP contribution in [0.5, 0.6) is 5.75 Å². The summed E-state index contributed by atoms with van der Waals surface area (Å²) in [5.74, 6) is 0.649. The molecule has 112 valence electrons. The maximum absolute atomic E-state index is 13.3. The molecule has 2 aromatic carbocycles. The van der Waals surface area contributed by atoms with Gasteiger partial charge < -0.3 is 10.1 Å². The molecule has 1 unspecified atom stereocenters. The number of halogens is 2. The number of para-hydroxylation sites is 1. The molecule has 0 saturated carbocycles. The van der Waals surface area contributed by atoms with Crippen molar-refractivity contribution in [1.29, 1.82) is 0 Å². The van der Waals surface area contributed by atoms with E-state index >= 15 is 0 Å². The highest BCUT2D eigenvalue weighted by Gasteiger charge is 2.14. The zero-order valence-corrected chi connectivity index (χ0v) is 13.8. The van der Waals surface area contributed by atoms with Crippen LogP contribution in [0.4, 0.5) is 4.39 Å². The number of rotatable bonds is 6. The summed E-state index contributed by atoms with van der Waals surface area (Å²) in [5.41, 5.74) is 2.03. The first-order chi connectivity index (χ1) is 10.2. The van der Waals surface area contributed by atoms with Crippen molar-refractivity contribution in [1.82, 2.24) is 5.32 Å². The normalized spacial score (nSPS) is 12.2. The first kappa shape index (κ1) is 16.0. The van der Waals surface area contributed by atoms with Gasteiger partial charge in [-0.05, 0) is 36.2 Å². The van der Waals surface area contributed by atoms with Gasteiger partial charge in [-0.3, -0.25) is 0 Å². The Balaban J connectivity index is 2.14. The molecule has 1 atom stereocenters. The second-order valence-electron chi connectivity index (χ2n) is 4.82. The van der Waals surface area contributed by atoms with Crippen molar-refractivity contribution >= 4 is 15.9 Å². The number of hydrogen-bond donors (Lipinski definition) is 1. The summed E-state index contributed by atoms with van der Waals surface area (Å²) in [5, 5.41) is 3.47. The Labute approximate surface area is 133 Å². The first-order valence-electron chi connectivity index (χ1n) is 6.96. The van der Waals surface area contributed by atoms with Crippen molar-refractivity contribution in [2.45, 2.75) is 25.9 Å². The number of ether oxygens (including phenoxy) is 1. The summed E-state index contributed by atoms with van der Waals surface area (Å²) in [6.07, 6.45) is 0.924. The van der Waals surface area contributed by atoms with Crippen molar-refractivity contribution in [3.8, 4) is 5.75 Å². The second-order valence-corrected chi connectivity index (χ2v) is 5.67. The molecular weight excluding hydrogens is 333 g/mol. The minimum Gasteiger partial charge on any atom is -0.496 e. The highest BCUT2D eigenvalue weighted by Crippen LogP contribution is 2.27. The van der Waals surface area contributed by atoms with Crippen molar-refractivity contribution in [2.24, 2.45) is 0 Å². The molecule has 0 saturated heterocycles. The lowest BCUT2D eigenvalue weighted by Gasteiger charge is -2.20. The van der Waals surface area contributed by atoms with E-state index in [-0.39, 0.29) is 11.9 Å². The zero-order valence-electron chi connectivity index (χ0n) is 12.2. The van der Waals surface area contributed by atoms with Crippen molar-refractivity contribution in [3.63, 3.8) is 0 Å². The van der Waals surface area contributed by atoms with E-state index < -0.39 is 0 Å². The van der Waals surface area contributed by atoms with Crippen LogP contribution in [0.1, 0.15) is 30.5 Å². The van der Waals surface area contributed by atoms with Crippen LogP contribution in [0.25, 0.3) is 0 Å². The van der Waals surface area contributed by atoms with E-state index in [2.05, 4.69) is 34.2 Å². The van der Waals surface area contributed by atoms with Crippen LogP contribution < -0.4 is 10.1 Å². The summed E-state index contributed by atoms with van der Waals surface area (Å²) >= 11 is 3.46. The van der Waals surface area contributed by atoms with Crippen LogP contribution in [0, 0.1) is 5.82 Å². The molecule has 0 bridgehead atoms. The molecule has 0 aromatic heterocycles. The number of methoxy groups -OCH3 is 1. The molecule has 2 rings (SSSR count). The average molecular weight is 352 g/mol. The van der Waals surface area contributed by atoms with Crippen LogP contribution >= 0.6 is 15.9 Å². The van der Waals surface area contributed by atoms with E-state index in [9.17, 15) is 4.39 Å². The predicted octanol–water partition coefficient (Wildman–Crippen LogP) is 4.84. The molecule has 0 aliphatic carbocycles. The van der Waals surface area contributed by atoms with E-state index in [1.165, 1.54) is 6.07 Å². The van der Waals surface area contributed by atoms with Crippen molar-refractivity contribution in [3.05, 3.63) is 63.9 Å². The summed E-state index contributed by atoms with van der Waals surface area (Å²) in [4.78, 5) is 0. The second kappa shape index (κ2) is 7.57. The molecule has 0 aliphatic heterocycles. The Morgan fingerprint density at radius 1 is 1.24 bits per heavy atom. The average Bonchev–Trinajstić information content (AvgIpc) is 2.51. The fourth-order valence-corrected chi connectivity index (χ4v) is 2.73. The summed E-state index contributed by atoms with van der Waals surface area (Å²) in [7, 11) is 1.68. The van der Waals surface area contributed by atoms with Crippen LogP contribution in [0.15, 0.2) is 46.9 Å². The lowest BCUT2D eigenvalue weighted by atomic mass is 10.0. The van der Waals surface area contributed by atoms with Crippen LogP contribution in [0.2, 0.25) is 0 Å². The largest absolute Gasteiger partial charge is 0.496 e. The minimum atomic E-state index is -0.222. The van der Waals surface area contributed by atoms with Gasteiger partial charge in [-0.2, -0.15) is 0 Å². The van der Waals surface area contributed by atoms with E-state index in [4.69, 9.17) is 4.74 Å². The SMILES string of the molecule is CCC(NCc1cc(F)ccc1Br)c1ccccc1OC. The monoisotopic (exact) mass is 351 g/mol. The van der Waals surface area contributed by atoms with E-state index in [1.54, 1.807) is 19.2 Å². The van der Waals surface area contributed by atoms with Gasteiger partial charge in [-0.25, -0.2) is 4.39 Å². The molecule has 0 aliphatic rings. The Kier molecular flexibility index (Phi) is 5.76. The van der Waals surface area contributed by atoms with Gasteiger partial charge in [-0.15, -0.1) is 0 Å². The zero-order chi connectivity index (χ0) is 15.2. The third-order valence-electron chi connectivity index (χ3n) is 3.47.